The summed E-state index contributed by atoms with van der Waals surface area (Å²) >= 11 is 6.59. The predicted octanol–water partition coefficient (Wildman–Crippen LogP) is 4.54. The molecule has 1 N–H and O–H groups in total. The summed E-state index contributed by atoms with van der Waals surface area (Å²) in [6, 6.07) is 13.3. The zero-order valence-corrected chi connectivity index (χ0v) is 18.2. The van der Waals surface area contributed by atoms with Crippen LogP contribution in [0.25, 0.3) is 6.08 Å². The van der Waals surface area contributed by atoms with Crippen molar-refractivity contribution in [2.75, 3.05) is 19.0 Å². The molecule has 1 heterocycles. The molecule has 7 heteroatoms. The van der Waals surface area contributed by atoms with Gasteiger partial charge in [0.05, 0.1) is 12.0 Å². The Labute approximate surface area is 180 Å². The number of benzene rings is 2. The Kier molecular flexibility index (Phi) is 6.71. The molecule has 5 nitrogen and oxygen atoms in total. The van der Waals surface area contributed by atoms with Gasteiger partial charge in [-0.15, -0.1) is 0 Å². The molecular weight excluding hydrogens is 404 g/mol. The molecule has 1 aliphatic heterocycles. The van der Waals surface area contributed by atoms with Gasteiger partial charge in [-0.25, -0.2) is 0 Å². The highest BCUT2D eigenvalue weighted by Gasteiger charge is 2.32. The molecule has 150 valence electrons. The van der Waals surface area contributed by atoms with Crippen LogP contribution >= 0.6 is 24.0 Å². The van der Waals surface area contributed by atoms with Gasteiger partial charge in [-0.05, 0) is 37.6 Å². The second-order valence-corrected chi connectivity index (χ2v) is 8.37. The lowest BCUT2D eigenvalue weighted by Crippen LogP contribution is -2.31. The number of aryl methyl sites for hydroxylation is 2. The van der Waals surface area contributed by atoms with E-state index in [0.717, 1.165) is 22.4 Å². The first-order chi connectivity index (χ1) is 13.9. The lowest BCUT2D eigenvalue weighted by Gasteiger charge is -2.15. The third-order valence-electron chi connectivity index (χ3n) is 4.52. The van der Waals surface area contributed by atoms with E-state index in [1.807, 2.05) is 56.3 Å². The Morgan fingerprint density at radius 1 is 1.24 bits per heavy atom. The number of nitrogens with zero attached hydrogens (tertiary/aromatic N) is 1. The summed E-state index contributed by atoms with van der Waals surface area (Å²) in [5.41, 5.74) is 3.73. The number of nitrogens with one attached hydrogen (secondary N) is 1. The monoisotopic (exact) mass is 426 g/mol. The molecule has 2 aromatic carbocycles. The molecule has 0 atom stereocenters. The van der Waals surface area contributed by atoms with Crippen LogP contribution in [0.1, 0.15) is 23.1 Å². The number of amides is 2. The molecule has 1 saturated heterocycles. The van der Waals surface area contributed by atoms with E-state index in [4.69, 9.17) is 17.0 Å². The van der Waals surface area contributed by atoms with E-state index in [1.54, 1.807) is 13.2 Å². The number of carbonyl (C=O) groups is 2. The Bertz CT molecular complexity index is 1000. The molecule has 1 fully saturated rings. The van der Waals surface area contributed by atoms with Gasteiger partial charge in [0.2, 0.25) is 5.91 Å². The first kappa shape index (κ1) is 21.1. The van der Waals surface area contributed by atoms with Gasteiger partial charge in [0.25, 0.3) is 5.91 Å². The molecule has 29 heavy (non-hydrogen) atoms. The van der Waals surface area contributed by atoms with E-state index in [0.29, 0.717) is 15.0 Å². The molecule has 0 aliphatic carbocycles. The Balaban J connectivity index is 1.64. The normalized spacial score (nSPS) is 15.1. The number of anilines is 1. The summed E-state index contributed by atoms with van der Waals surface area (Å²) in [6.45, 7) is 4.20. The summed E-state index contributed by atoms with van der Waals surface area (Å²) in [5.74, 6) is 0.343. The summed E-state index contributed by atoms with van der Waals surface area (Å²) < 4.78 is 5.79. The number of hydrogen-bond acceptors (Lipinski definition) is 5. The van der Waals surface area contributed by atoms with Crippen LogP contribution in [0.3, 0.4) is 0 Å². The van der Waals surface area contributed by atoms with Crippen LogP contribution in [-0.2, 0) is 9.59 Å². The molecule has 0 unspecified atom stereocenters. The zero-order chi connectivity index (χ0) is 21.0. The Morgan fingerprint density at radius 2 is 2.00 bits per heavy atom. The lowest BCUT2D eigenvalue weighted by atomic mass is 10.1. The van der Waals surface area contributed by atoms with Crippen LogP contribution in [0.2, 0.25) is 0 Å². The fraction of sp³-hybridized carbons (Fsp3) is 0.227. The molecule has 0 aromatic heterocycles. The van der Waals surface area contributed by atoms with Gasteiger partial charge in [0.15, 0.2) is 0 Å². The first-order valence-corrected chi connectivity index (χ1v) is 10.4. The molecule has 2 amide bonds. The second-order valence-electron chi connectivity index (χ2n) is 6.69. The fourth-order valence-corrected chi connectivity index (χ4v) is 4.30. The van der Waals surface area contributed by atoms with E-state index >= 15 is 0 Å². The third-order valence-corrected chi connectivity index (χ3v) is 5.90. The van der Waals surface area contributed by atoms with Crippen LogP contribution in [0.4, 0.5) is 5.69 Å². The maximum Gasteiger partial charge on any atom is 0.266 e. The predicted molar refractivity (Wildman–Crippen MR) is 122 cm³/mol. The lowest BCUT2D eigenvalue weighted by molar-refractivity contribution is -0.122. The Hall–Kier alpha value is -2.64. The van der Waals surface area contributed by atoms with Gasteiger partial charge in [-0.1, -0.05) is 59.9 Å². The number of thioether (sulfide) groups is 1. The van der Waals surface area contributed by atoms with Crippen molar-refractivity contribution in [2.24, 2.45) is 0 Å². The van der Waals surface area contributed by atoms with E-state index in [9.17, 15) is 9.59 Å². The molecule has 0 radical (unpaired) electrons. The molecule has 3 rings (SSSR count). The Morgan fingerprint density at radius 3 is 2.72 bits per heavy atom. The zero-order valence-electron chi connectivity index (χ0n) is 16.5. The summed E-state index contributed by atoms with van der Waals surface area (Å²) in [6.07, 6.45) is 1.94. The number of para-hydroxylation sites is 1. The van der Waals surface area contributed by atoms with Crippen molar-refractivity contribution in [1.82, 2.24) is 4.90 Å². The van der Waals surface area contributed by atoms with Crippen molar-refractivity contribution in [2.45, 2.75) is 20.3 Å². The van der Waals surface area contributed by atoms with Crippen molar-refractivity contribution in [3.05, 3.63) is 64.1 Å². The van der Waals surface area contributed by atoms with Crippen molar-refractivity contribution in [3.63, 3.8) is 0 Å². The van der Waals surface area contributed by atoms with Crippen LogP contribution in [0, 0.1) is 13.8 Å². The van der Waals surface area contributed by atoms with Crippen molar-refractivity contribution >= 4 is 51.9 Å². The van der Waals surface area contributed by atoms with Crippen LogP contribution in [0.15, 0.2) is 47.4 Å². The van der Waals surface area contributed by atoms with Gasteiger partial charge in [-0.2, -0.15) is 0 Å². The minimum absolute atomic E-state index is 0.153. The minimum atomic E-state index is -0.190. The van der Waals surface area contributed by atoms with Crippen LogP contribution in [0.5, 0.6) is 5.75 Å². The van der Waals surface area contributed by atoms with Crippen molar-refractivity contribution in [1.29, 1.82) is 0 Å². The van der Waals surface area contributed by atoms with Gasteiger partial charge in [0, 0.05) is 24.2 Å². The largest absolute Gasteiger partial charge is 0.496 e. The smallest absolute Gasteiger partial charge is 0.266 e. The quantitative estimate of drug-likeness (QED) is 0.543. The molecular formula is C22H22N2O3S2. The third kappa shape index (κ3) is 5.05. The van der Waals surface area contributed by atoms with Gasteiger partial charge < -0.3 is 10.1 Å². The highest BCUT2D eigenvalue weighted by Crippen LogP contribution is 2.34. The van der Waals surface area contributed by atoms with Crippen molar-refractivity contribution < 1.29 is 14.3 Å². The highest BCUT2D eigenvalue weighted by atomic mass is 32.2. The van der Waals surface area contributed by atoms with E-state index in [2.05, 4.69) is 5.32 Å². The summed E-state index contributed by atoms with van der Waals surface area (Å²) in [7, 11) is 1.59. The summed E-state index contributed by atoms with van der Waals surface area (Å²) in [5, 5.41) is 2.90. The maximum absolute atomic E-state index is 12.8. The summed E-state index contributed by atoms with van der Waals surface area (Å²) in [4.78, 5) is 27.1. The van der Waals surface area contributed by atoms with Gasteiger partial charge in [-0.3, -0.25) is 14.5 Å². The number of rotatable bonds is 6. The second kappa shape index (κ2) is 9.24. The molecule has 0 spiro atoms. The molecule has 1 aliphatic rings. The van der Waals surface area contributed by atoms with Gasteiger partial charge >= 0.3 is 0 Å². The molecule has 0 saturated carbocycles. The van der Waals surface area contributed by atoms with Gasteiger partial charge in [0.1, 0.15) is 10.1 Å². The molecule has 0 bridgehead atoms. The van der Waals surface area contributed by atoms with Crippen molar-refractivity contribution in [3.8, 4) is 5.75 Å². The van der Waals surface area contributed by atoms with E-state index < -0.39 is 0 Å². The minimum Gasteiger partial charge on any atom is -0.496 e. The SMILES string of the molecule is COc1ccccc1C=C1SC(=S)N(CCC(=O)Nc2ccc(C)cc2C)C1=O. The first-order valence-electron chi connectivity index (χ1n) is 9.14. The standard InChI is InChI=1S/C22H22N2O3S2/c1-14-8-9-17(15(2)12-14)23-20(25)10-11-24-21(26)19(29-22(24)28)13-16-6-4-5-7-18(16)27-3/h4-9,12-13H,10-11H2,1-3H3,(H,23,25). The van der Waals surface area contributed by atoms with Crippen LogP contribution in [-0.4, -0.2) is 34.7 Å². The van der Waals surface area contributed by atoms with E-state index in [1.165, 1.54) is 16.7 Å². The maximum atomic E-state index is 12.8. The number of methoxy groups -OCH3 is 1. The average Bonchev–Trinajstić information content (AvgIpc) is 2.95. The molecule has 2 aromatic rings. The van der Waals surface area contributed by atoms with E-state index in [-0.39, 0.29) is 24.8 Å². The fourth-order valence-electron chi connectivity index (χ4n) is 3.00. The highest BCUT2D eigenvalue weighted by molar-refractivity contribution is 8.26. The average molecular weight is 427 g/mol. The number of ether oxygens (including phenoxy) is 1. The number of hydrogen-bond donors (Lipinski definition) is 1. The topological polar surface area (TPSA) is 58.6 Å². The number of carbonyl (C=O) groups excluding carboxylic acids is 2. The number of thiocarbonyl (C=S) groups is 1. The van der Waals surface area contributed by atoms with Crippen LogP contribution < -0.4 is 10.1 Å².